The van der Waals surface area contributed by atoms with Gasteiger partial charge in [0.2, 0.25) is 0 Å². The van der Waals surface area contributed by atoms with Crippen LogP contribution in [0.4, 0.5) is 0 Å². The van der Waals surface area contributed by atoms with Crippen molar-refractivity contribution in [2.75, 3.05) is 0 Å². The highest BCUT2D eigenvalue weighted by atomic mass is 16.5. The smallest absolute Gasteiger partial charge is 0.303 e. The molecule has 4 heteroatoms. The number of carboxylic acids is 1. The second kappa shape index (κ2) is 10.1. The monoisotopic (exact) mass is 308 g/mol. The van der Waals surface area contributed by atoms with Gasteiger partial charge in [0, 0.05) is 6.42 Å². The number of carboxylic acid groups (broad SMARTS) is 1. The summed E-state index contributed by atoms with van der Waals surface area (Å²) in [6, 6.07) is 7.67. The van der Waals surface area contributed by atoms with Crippen molar-refractivity contribution < 1.29 is 19.4 Å². The van der Waals surface area contributed by atoms with Gasteiger partial charge in [-0.3, -0.25) is 4.79 Å². The molecule has 0 saturated heterocycles. The van der Waals surface area contributed by atoms with E-state index in [9.17, 15) is 4.79 Å². The highest BCUT2D eigenvalue weighted by Gasteiger charge is 2.08. The first-order valence-electron chi connectivity index (χ1n) is 8.20. The van der Waals surface area contributed by atoms with Gasteiger partial charge in [-0.15, -0.1) is 0 Å². The molecule has 2 unspecified atom stereocenters. The molecule has 2 atom stereocenters. The molecule has 0 aromatic heterocycles. The molecule has 1 aromatic rings. The van der Waals surface area contributed by atoms with Crippen LogP contribution in [0, 0.1) is 0 Å². The maximum atomic E-state index is 10.5. The van der Waals surface area contributed by atoms with Crippen LogP contribution < -0.4 is 9.47 Å². The minimum atomic E-state index is -0.758. The molecule has 1 N–H and O–H groups in total. The minimum Gasteiger partial charge on any atom is -0.491 e. The summed E-state index contributed by atoms with van der Waals surface area (Å²) in [4.78, 5) is 10.5. The number of aliphatic carboxylic acids is 1. The molecule has 0 aliphatic rings. The molecule has 0 spiro atoms. The summed E-state index contributed by atoms with van der Waals surface area (Å²) in [5, 5.41) is 8.62. The molecule has 124 valence electrons. The third-order valence-corrected chi connectivity index (χ3v) is 3.53. The van der Waals surface area contributed by atoms with Crippen LogP contribution in [0.25, 0.3) is 0 Å². The fraction of sp³-hybridized carbons (Fsp3) is 0.611. The quantitative estimate of drug-likeness (QED) is 0.645. The lowest BCUT2D eigenvalue weighted by atomic mass is 10.1. The van der Waals surface area contributed by atoms with E-state index in [0.717, 1.165) is 37.2 Å². The number of benzene rings is 1. The van der Waals surface area contributed by atoms with E-state index in [4.69, 9.17) is 14.6 Å². The third-order valence-electron chi connectivity index (χ3n) is 3.53. The lowest BCUT2D eigenvalue weighted by Crippen LogP contribution is -2.15. The van der Waals surface area contributed by atoms with E-state index in [0.29, 0.717) is 6.42 Å². The molecule has 0 amide bonds. The summed E-state index contributed by atoms with van der Waals surface area (Å²) in [5.74, 6) is 0.899. The third kappa shape index (κ3) is 7.34. The van der Waals surface area contributed by atoms with Gasteiger partial charge >= 0.3 is 5.97 Å². The van der Waals surface area contributed by atoms with Crippen molar-refractivity contribution in [1.29, 1.82) is 0 Å². The molecule has 1 rings (SSSR count). The van der Waals surface area contributed by atoms with Crippen molar-refractivity contribution in [3.8, 4) is 11.5 Å². The van der Waals surface area contributed by atoms with Crippen molar-refractivity contribution >= 4 is 5.97 Å². The van der Waals surface area contributed by atoms with Gasteiger partial charge in [0.25, 0.3) is 0 Å². The lowest BCUT2D eigenvalue weighted by Gasteiger charge is -2.18. The number of hydrogen-bond acceptors (Lipinski definition) is 3. The second-order valence-electron chi connectivity index (χ2n) is 5.62. The number of ether oxygens (including phenoxy) is 2. The fourth-order valence-electron chi connectivity index (χ4n) is 2.29. The molecule has 0 aliphatic heterocycles. The van der Waals surface area contributed by atoms with Gasteiger partial charge < -0.3 is 14.6 Å². The van der Waals surface area contributed by atoms with Gasteiger partial charge in [0.15, 0.2) is 0 Å². The Morgan fingerprint density at radius 2 is 1.68 bits per heavy atom. The Morgan fingerprint density at radius 3 is 2.18 bits per heavy atom. The lowest BCUT2D eigenvalue weighted by molar-refractivity contribution is -0.137. The van der Waals surface area contributed by atoms with Gasteiger partial charge in [-0.1, -0.05) is 20.3 Å². The highest BCUT2D eigenvalue weighted by molar-refractivity contribution is 5.66. The minimum absolute atomic E-state index is 0.00889. The van der Waals surface area contributed by atoms with Crippen molar-refractivity contribution in [2.24, 2.45) is 0 Å². The zero-order valence-electron chi connectivity index (χ0n) is 13.9. The van der Waals surface area contributed by atoms with Crippen LogP contribution in [0.1, 0.15) is 59.3 Å². The molecular weight excluding hydrogens is 280 g/mol. The van der Waals surface area contributed by atoms with Crippen LogP contribution in [-0.4, -0.2) is 23.3 Å². The van der Waals surface area contributed by atoms with Gasteiger partial charge in [0.1, 0.15) is 11.5 Å². The molecule has 0 bridgehead atoms. The van der Waals surface area contributed by atoms with Gasteiger partial charge in [-0.2, -0.15) is 0 Å². The van der Waals surface area contributed by atoms with E-state index in [-0.39, 0.29) is 18.6 Å². The molecule has 0 aliphatic carbocycles. The zero-order valence-corrected chi connectivity index (χ0v) is 13.9. The summed E-state index contributed by atoms with van der Waals surface area (Å²) >= 11 is 0. The van der Waals surface area contributed by atoms with E-state index >= 15 is 0 Å². The first kappa shape index (κ1) is 18.3. The molecule has 0 fully saturated rings. The molecule has 0 radical (unpaired) electrons. The summed E-state index contributed by atoms with van der Waals surface area (Å²) in [7, 11) is 0. The molecule has 0 heterocycles. The molecule has 0 saturated carbocycles. The van der Waals surface area contributed by atoms with Crippen LogP contribution in [0.3, 0.4) is 0 Å². The van der Waals surface area contributed by atoms with E-state index in [1.54, 1.807) is 0 Å². The number of hydrogen-bond donors (Lipinski definition) is 1. The Bertz CT molecular complexity index is 427. The predicted octanol–water partition coefficient (Wildman–Crippen LogP) is 4.67. The maximum absolute atomic E-state index is 10.5. The predicted molar refractivity (Wildman–Crippen MR) is 87.6 cm³/mol. The van der Waals surface area contributed by atoms with E-state index in [2.05, 4.69) is 13.8 Å². The number of carbonyl (C=O) groups is 1. The second-order valence-corrected chi connectivity index (χ2v) is 5.62. The van der Waals surface area contributed by atoms with Crippen LogP contribution >= 0.6 is 0 Å². The normalized spacial score (nSPS) is 13.4. The van der Waals surface area contributed by atoms with Crippen LogP contribution in [0.5, 0.6) is 11.5 Å². The Kier molecular flexibility index (Phi) is 8.41. The van der Waals surface area contributed by atoms with Crippen molar-refractivity contribution in [3.63, 3.8) is 0 Å². The molecule has 22 heavy (non-hydrogen) atoms. The van der Waals surface area contributed by atoms with Gasteiger partial charge in [0.05, 0.1) is 12.2 Å². The SMILES string of the molecule is CCCC(CC)Oc1ccc(OC(C)CCCC(=O)O)cc1. The Morgan fingerprint density at radius 1 is 1.09 bits per heavy atom. The Labute approximate surface area is 133 Å². The summed E-state index contributed by atoms with van der Waals surface area (Å²) in [6.45, 7) is 6.26. The standard InChI is InChI=1S/C18H28O4/c1-4-7-15(5-2)22-17-12-10-16(11-13-17)21-14(3)8-6-9-18(19)20/h10-15H,4-9H2,1-3H3,(H,19,20). The molecular formula is C18H28O4. The molecule has 1 aromatic carbocycles. The first-order valence-corrected chi connectivity index (χ1v) is 8.20. The van der Waals surface area contributed by atoms with Crippen molar-refractivity contribution in [3.05, 3.63) is 24.3 Å². The first-order chi connectivity index (χ1) is 10.5. The van der Waals surface area contributed by atoms with Gasteiger partial charge in [-0.05, 0) is 56.9 Å². The van der Waals surface area contributed by atoms with Crippen LogP contribution in [0.15, 0.2) is 24.3 Å². The van der Waals surface area contributed by atoms with Crippen LogP contribution in [0.2, 0.25) is 0 Å². The summed E-state index contributed by atoms with van der Waals surface area (Å²) in [5.41, 5.74) is 0. The van der Waals surface area contributed by atoms with E-state index < -0.39 is 5.97 Å². The topological polar surface area (TPSA) is 55.8 Å². The maximum Gasteiger partial charge on any atom is 0.303 e. The Balaban J connectivity index is 2.42. The summed E-state index contributed by atoms with van der Waals surface area (Å²) in [6.07, 6.45) is 5.03. The van der Waals surface area contributed by atoms with Crippen molar-refractivity contribution in [2.45, 2.75) is 71.5 Å². The summed E-state index contributed by atoms with van der Waals surface area (Å²) < 4.78 is 11.7. The van der Waals surface area contributed by atoms with Crippen molar-refractivity contribution in [1.82, 2.24) is 0 Å². The van der Waals surface area contributed by atoms with E-state index in [1.807, 2.05) is 31.2 Å². The van der Waals surface area contributed by atoms with Gasteiger partial charge in [-0.25, -0.2) is 0 Å². The zero-order chi connectivity index (χ0) is 16.4. The number of rotatable bonds is 11. The molecule has 4 nitrogen and oxygen atoms in total. The van der Waals surface area contributed by atoms with E-state index in [1.165, 1.54) is 0 Å². The fourth-order valence-corrected chi connectivity index (χ4v) is 2.29. The Hall–Kier alpha value is -1.71. The largest absolute Gasteiger partial charge is 0.491 e. The average molecular weight is 308 g/mol. The highest BCUT2D eigenvalue weighted by Crippen LogP contribution is 2.22. The van der Waals surface area contributed by atoms with Crippen LogP contribution in [-0.2, 0) is 4.79 Å². The average Bonchev–Trinajstić information content (AvgIpc) is 2.48.